The van der Waals surface area contributed by atoms with Crippen LogP contribution in [0.2, 0.25) is 5.02 Å². The number of hydrogen-bond donors (Lipinski definition) is 0. The van der Waals surface area contributed by atoms with E-state index in [4.69, 9.17) is 11.6 Å². The van der Waals surface area contributed by atoms with Crippen LogP contribution in [0.25, 0.3) is 16.5 Å². The van der Waals surface area contributed by atoms with E-state index in [1.807, 2.05) is 12.1 Å². The second kappa shape index (κ2) is 6.68. The van der Waals surface area contributed by atoms with Gasteiger partial charge < -0.3 is 0 Å². The summed E-state index contributed by atoms with van der Waals surface area (Å²) in [5, 5.41) is 0.895. The minimum absolute atomic E-state index is 0.0856. The summed E-state index contributed by atoms with van der Waals surface area (Å²) in [6.07, 6.45) is 6.98. The van der Waals surface area contributed by atoms with E-state index in [-0.39, 0.29) is 5.02 Å². The molecular formula is C18H17ClFN. The number of hydrogen-bond acceptors (Lipinski definition) is 1. The van der Waals surface area contributed by atoms with Crippen LogP contribution in [0.5, 0.6) is 0 Å². The van der Waals surface area contributed by atoms with Crippen LogP contribution in [0.15, 0.2) is 49.6 Å². The maximum atomic E-state index is 14.3. The second-order valence-corrected chi connectivity index (χ2v) is 5.14. The van der Waals surface area contributed by atoms with Gasteiger partial charge in [-0.25, -0.2) is 9.37 Å². The molecule has 21 heavy (non-hydrogen) atoms. The minimum atomic E-state index is -0.476. The second-order valence-electron chi connectivity index (χ2n) is 4.74. The van der Waals surface area contributed by atoms with Gasteiger partial charge in [0, 0.05) is 5.39 Å². The van der Waals surface area contributed by atoms with Crippen LogP contribution in [-0.4, -0.2) is 4.98 Å². The third kappa shape index (κ3) is 3.06. The number of nitrogens with zero attached hydrogens (tertiary/aromatic N) is 1. The van der Waals surface area contributed by atoms with Crippen molar-refractivity contribution in [1.29, 1.82) is 0 Å². The van der Waals surface area contributed by atoms with Gasteiger partial charge in [0.25, 0.3) is 0 Å². The van der Waals surface area contributed by atoms with E-state index in [1.165, 1.54) is 0 Å². The molecule has 0 aliphatic rings. The summed E-state index contributed by atoms with van der Waals surface area (Å²) < 4.78 is 14.3. The maximum Gasteiger partial charge on any atom is 0.168 e. The SMILES string of the molecule is C=C/C=C(\C=C)c1cc(CCC)c2ccc(Cl)c(F)c2n1. The first kappa shape index (κ1) is 15.5. The van der Waals surface area contributed by atoms with E-state index in [0.29, 0.717) is 11.2 Å². The monoisotopic (exact) mass is 301 g/mol. The normalized spacial score (nSPS) is 11.7. The van der Waals surface area contributed by atoms with Gasteiger partial charge in [0.1, 0.15) is 5.52 Å². The summed E-state index contributed by atoms with van der Waals surface area (Å²) in [6.45, 7) is 9.54. The molecule has 1 heterocycles. The van der Waals surface area contributed by atoms with Gasteiger partial charge in [0.05, 0.1) is 10.7 Å². The van der Waals surface area contributed by atoms with E-state index in [1.54, 1.807) is 24.3 Å². The molecule has 0 aliphatic carbocycles. The molecule has 0 saturated carbocycles. The van der Waals surface area contributed by atoms with Crippen molar-refractivity contribution >= 4 is 28.1 Å². The molecule has 0 radical (unpaired) electrons. The molecule has 0 amide bonds. The molecule has 2 aromatic rings. The number of pyridine rings is 1. The third-order valence-electron chi connectivity index (χ3n) is 3.29. The number of halogens is 2. The molecule has 0 N–H and O–H groups in total. The van der Waals surface area contributed by atoms with Crippen molar-refractivity contribution < 1.29 is 4.39 Å². The van der Waals surface area contributed by atoms with E-state index in [2.05, 4.69) is 25.1 Å². The van der Waals surface area contributed by atoms with Gasteiger partial charge in [0.2, 0.25) is 0 Å². The summed E-state index contributed by atoms with van der Waals surface area (Å²) in [7, 11) is 0. The average Bonchev–Trinajstić information content (AvgIpc) is 2.49. The molecule has 1 aromatic heterocycles. The predicted octanol–water partition coefficient (Wildman–Crippen LogP) is 5.74. The highest BCUT2D eigenvalue weighted by Gasteiger charge is 2.13. The van der Waals surface area contributed by atoms with Crippen LogP contribution in [-0.2, 0) is 6.42 Å². The molecule has 108 valence electrons. The van der Waals surface area contributed by atoms with Crippen LogP contribution in [0, 0.1) is 5.82 Å². The Kier molecular flexibility index (Phi) is 4.92. The number of benzene rings is 1. The minimum Gasteiger partial charge on any atom is -0.245 e. The molecule has 0 bridgehead atoms. The molecule has 0 spiro atoms. The standard InChI is InChI=1S/C18H17ClFN/c1-4-7-12(6-3)16-11-13(8-5-2)14-9-10-15(19)17(20)18(14)21-16/h4,6-7,9-11H,1,3,5,8H2,2H3/b12-7+. The first-order valence-electron chi connectivity index (χ1n) is 6.85. The van der Waals surface area contributed by atoms with Crippen molar-refractivity contribution in [2.24, 2.45) is 0 Å². The lowest BCUT2D eigenvalue weighted by molar-refractivity contribution is 0.637. The highest BCUT2D eigenvalue weighted by Crippen LogP contribution is 2.29. The van der Waals surface area contributed by atoms with E-state index >= 15 is 0 Å². The largest absolute Gasteiger partial charge is 0.245 e. The Hall–Kier alpha value is -1.93. The zero-order chi connectivity index (χ0) is 15.4. The summed E-state index contributed by atoms with van der Waals surface area (Å²) >= 11 is 5.88. The summed E-state index contributed by atoms with van der Waals surface area (Å²) in [5.74, 6) is -0.476. The molecule has 0 unspecified atom stereocenters. The molecule has 2 rings (SSSR count). The Bertz CT molecular complexity index is 732. The van der Waals surface area contributed by atoms with Gasteiger partial charge >= 0.3 is 0 Å². The smallest absolute Gasteiger partial charge is 0.168 e. The van der Waals surface area contributed by atoms with Crippen LogP contribution in [0.1, 0.15) is 24.6 Å². The van der Waals surface area contributed by atoms with Gasteiger partial charge in [0.15, 0.2) is 5.82 Å². The van der Waals surface area contributed by atoms with Crippen molar-refractivity contribution in [3.05, 3.63) is 71.7 Å². The lowest BCUT2D eigenvalue weighted by atomic mass is 10.0. The molecule has 0 aliphatic heterocycles. The lowest BCUT2D eigenvalue weighted by Gasteiger charge is -2.11. The third-order valence-corrected chi connectivity index (χ3v) is 3.58. The Morgan fingerprint density at radius 3 is 2.76 bits per heavy atom. The molecule has 1 aromatic carbocycles. The van der Waals surface area contributed by atoms with Gasteiger partial charge in [-0.05, 0) is 29.7 Å². The van der Waals surface area contributed by atoms with Crippen molar-refractivity contribution in [3.8, 4) is 0 Å². The van der Waals surface area contributed by atoms with E-state index < -0.39 is 5.82 Å². The van der Waals surface area contributed by atoms with E-state index in [9.17, 15) is 4.39 Å². The number of aromatic nitrogens is 1. The van der Waals surface area contributed by atoms with Crippen molar-refractivity contribution in [2.45, 2.75) is 19.8 Å². The van der Waals surface area contributed by atoms with Gasteiger partial charge in [-0.15, -0.1) is 0 Å². The Morgan fingerprint density at radius 1 is 1.38 bits per heavy atom. The Balaban J connectivity index is 2.80. The highest BCUT2D eigenvalue weighted by atomic mass is 35.5. The van der Waals surface area contributed by atoms with Gasteiger partial charge in [-0.3, -0.25) is 0 Å². The van der Waals surface area contributed by atoms with Crippen molar-refractivity contribution in [2.75, 3.05) is 0 Å². The molecule has 0 atom stereocenters. The van der Waals surface area contributed by atoms with Gasteiger partial charge in [-0.1, -0.05) is 62.4 Å². The number of rotatable bonds is 5. The molecule has 0 fully saturated rings. The number of allylic oxidation sites excluding steroid dienone is 4. The van der Waals surface area contributed by atoms with Crippen LogP contribution in [0.3, 0.4) is 0 Å². The predicted molar refractivity (Wildman–Crippen MR) is 89.1 cm³/mol. The van der Waals surface area contributed by atoms with Crippen LogP contribution in [0.4, 0.5) is 4.39 Å². The zero-order valence-corrected chi connectivity index (χ0v) is 12.8. The average molecular weight is 302 g/mol. The quantitative estimate of drug-likeness (QED) is 0.642. The fourth-order valence-electron chi connectivity index (χ4n) is 2.31. The Morgan fingerprint density at radius 2 is 2.14 bits per heavy atom. The summed E-state index contributed by atoms with van der Waals surface area (Å²) in [5.41, 5.74) is 2.86. The molecule has 1 nitrogen and oxygen atoms in total. The molecule has 0 saturated heterocycles. The number of aryl methyl sites for hydroxylation is 1. The first-order valence-corrected chi connectivity index (χ1v) is 7.23. The fraction of sp³-hybridized carbons (Fsp3) is 0.167. The fourth-order valence-corrected chi connectivity index (χ4v) is 2.47. The highest BCUT2D eigenvalue weighted by molar-refractivity contribution is 6.31. The Labute approximate surface area is 129 Å². The van der Waals surface area contributed by atoms with Crippen LogP contribution >= 0.6 is 11.6 Å². The van der Waals surface area contributed by atoms with E-state index in [0.717, 1.165) is 29.4 Å². The number of fused-ring (bicyclic) bond motifs is 1. The molecule has 3 heteroatoms. The van der Waals surface area contributed by atoms with Crippen molar-refractivity contribution in [3.63, 3.8) is 0 Å². The first-order chi connectivity index (χ1) is 10.1. The lowest BCUT2D eigenvalue weighted by Crippen LogP contribution is -1.97. The summed E-state index contributed by atoms with van der Waals surface area (Å²) in [6, 6.07) is 5.39. The van der Waals surface area contributed by atoms with Crippen LogP contribution < -0.4 is 0 Å². The molecular weight excluding hydrogens is 285 g/mol. The van der Waals surface area contributed by atoms with Crippen molar-refractivity contribution in [1.82, 2.24) is 4.98 Å². The maximum absolute atomic E-state index is 14.3. The topological polar surface area (TPSA) is 12.9 Å². The summed E-state index contributed by atoms with van der Waals surface area (Å²) in [4.78, 5) is 4.42. The van der Waals surface area contributed by atoms with Gasteiger partial charge in [-0.2, -0.15) is 0 Å². The zero-order valence-electron chi connectivity index (χ0n) is 12.0.